The van der Waals surface area contributed by atoms with Gasteiger partial charge in [-0.25, -0.2) is 0 Å². The molecule has 0 bridgehead atoms. The summed E-state index contributed by atoms with van der Waals surface area (Å²) in [6, 6.07) is 14.1. The summed E-state index contributed by atoms with van der Waals surface area (Å²) >= 11 is 0. The van der Waals surface area contributed by atoms with E-state index in [0.717, 1.165) is 32.4 Å². The fourth-order valence-corrected chi connectivity index (χ4v) is 3.66. The highest BCUT2D eigenvalue weighted by molar-refractivity contribution is 5.92. The van der Waals surface area contributed by atoms with Crippen molar-refractivity contribution >= 4 is 5.91 Å². The Bertz CT molecular complexity index is 823. The third kappa shape index (κ3) is 3.36. The molecule has 0 unspecified atom stereocenters. The first-order valence-electron chi connectivity index (χ1n) is 8.80. The molecule has 1 amide bonds. The number of aromatic nitrogens is 3. The number of nitrogens with one attached hydrogen (secondary N) is 2. The van der Waals surface area contributed by atoms with Gasteiger partial charge in [-0.1, -0.05) is 30.3 Å². The Morgan fingerprint density at radius 2 is 2.08 bits per heavy atom. The van der Waals surface area contributed by atoms with Crippen LogP contribution in [-0.2, 0) is 6.42 Å². The molecule has 3 heterocycles. The summed E-state index contributed by atoms with van der Waals surface area (Å²) in [5.41, 5.74) is 4.34. The van der Waals surface area contributed by atoms with Gasteiger partial charge >= 0.3 is 0 Å². The maximum Gasteiger partial charge on any atom is 0.270 e. The van der Waals surface area contributed by atoms with Gasteiger partial charge in [0.05, 0.1) is 6.20 Å². The van der Waals surface area contributed by atoms with Crippen LogP contribution in [-0.4, -0.2) is 39.1 Å². The number of piperidine rings is 1. The number of likely N-dealkylation sites (tertiary alicyclic amines) is 1. The highest BCUT2D eigenvalue weighted by atomic mass is 16.2. The normalized spacial score (nSPS) is 17.6. The molecule has 128 valence electrons. The molecule has 3 aromatic rings. The Kier molecular flexibility index (Phi) is 4.37. The van der Waals surface area contributed by atoms with E-state index in [1.165, 1.54) is 16.8 Å². The number of hydrogen-bond acceptors (Lipinski definition) is 2. The van der Waals surface area contributed by atoms with Crippen LogP contribution in [0, 0.1) is 0 Å². The summed E-state index contributed by atoms with van der Waals surface area (Å²) in [6.45, 7) is 1.55. The van der Waals surface area contributed by atoms with E-state index < -0.39 is 0 Å². The van der Waals surface area contributed by atoms with Crippen molar-refractivity contribution in [1.29, 1.82) is 0 Å². The van der Waals surface area contributed by atoms with Gasteiger partial charge in [0.25, 0.3) is 5.91 Å². The lowest BCUT2D eigenvalue weighted by Crippen LogP contribution is -2.39. The summed E-state index contributed by atoms with van der Waals surface area (Å²) < 4.78 is 0. The SMILES string of the molecule is O=C(c1ccc[nH]1)N1CCC[C@@H](c2[nH]ncc2Cc2ccccc2)C1. The van der Waals surface area contributed by atoms with Gasteiger partial charge in [-0.3, -0.25) is 9.89 Å². The van der Waals surface area contributed by atoms with Crippen LogP contribution < -0.4 is 0 Å². The molecule has 0 spiro atoms. The zero-order valence-corrected chi connectivity index (χ0v) is 14.1. The minimum absolute atomic E-state index is 0.0822. The molecule has 1 fully saturated rings. The second-order valence-electron chi connectivity index (χ2n) is 6.65. The Morgan fingerprint density at radius 3 is 2.88 bits per heavy atom. The zero-order chi connectivity index (χ0) is 17.1. The number of benzene rings is 1. The molecule has 1 atom stereocenters. The summed E-state index contributed by atoms with van der Waals surface area (Å²) in [4.78, 5) is 17.6. The number of H-pyrrole nitrogens is 2. The van der Waals surface area contributed by atoms with Gasteiger partial charge in [-0.05, 0) is 36.1 Å². The summed E-state index contributed by atoms with van der Waals surface area (Å²) in [5, 5.41) is 7.47. The van der Waals surface area contributed by atoms with E-state index in [4.69, 9.17) is 0 Å². The van der Waals surface area contributed by atoms with Crippen molar-refractivity contribution < 1.29 is 4.79 Å². The number of carbonyl (C=O) groups is 1. The predicted octanol–water partition coefficient (Wildman–Crippen LogP) is 3.35. The quantitative estimate of drug-likeness (QED) is 0.768. The van der Waals surface area contributed by atoms with Crippen molar-refractivity contribution in [1.82, 2.24) is 20.1 Å². The number of carbonyl (C=O) groups excluding carboxylic acids is 1. The van der Waals surface area contributed by atoms with E-state index in [1.54, 1.807) is 6.20 Å². The van der Waals surface area contributed by atoms with Gasteiger partial charge in [-0.2, -0.15) is 5.10 Å². The van der Waals surface area contributed by atoms with Gasteiger partial charge in [0, 0.05) is 37.3 Å². The maximum atomic E-state index is 12.6. The fraction of sp³-hybridized carbons (Fsp3) is 0.300. The molecule has 0 aliphatic carbocycles. The average molecular weight is 334 g/mol. The third-order valence-electron chi connectivity index (χ3n) is 4.93. The van der Waals surface area contributed by atoms with Crippen molar-refractivity contribution in [2.75, 3.05) is 13.1 Å². The molecule has 0 radical (unpaired) electrons. The smallest absolute Gasteiger partial charge is 0.270 e. The number of amides is 1. The van der Waals surface area contributed by atoms with Crippen LogP contribution in [0.1, 0.15) is 46.1 Å². The maximum absolute atomic E-state index is 12.6. The number of nitrogens with zero attached hydrogens (tertiary/aromatic N) is 2. The molecule has 1 aromatic carbocycles. The van der Waals surface area contributed by atoms with Gasteiger partial charge in [0.15, 0.2) is 0 Å². The highest BCUT2D eigenvalue weighted by Gasteiger charge is 2.28. The van der Waals surface area contributed by atoms with E-state index >= 15 is 0 Å². The third-order valence-corrected chi connectivity index (χ3v) is 4.93. The van der Waals surface area contributed by atoms with Crippen molar-refractivity contribution in [2.45, 2.75) is 25.2 Å². The predicted molar refractivity (Wildman–Crippen MR) is 96.5 cm³/mol. The van der Waals surface area contributed by atoms with Crippen LogP contribution in [0.3, 0.4) is 0 Å². The van der Waals surface area contributed by atoms with Crippen LogP contribution in [0.4, 0.5) is 0 Å². The number of rotatable bonds is 4. The van der Waals surface area contributed by atoms with Crippen molar-refractivity contribution in [3.8, 4) is 0 Å². The summed E-state index contributed by atoms with van der Waals surface area (Å²) in [5.74, 6) is 0.396. The van der Waals surface area contributed by atoms with Gasteiger partial charge in [0.1, 0.15) is 5.69 Å². The van der Waals surface area contributed by atoms with E-state index in [-0.39, 0.29) is 5.91 Å². The van der Waals surface area contributed by atoms with Crippen LogP contribution in [0.25, 0.3) is 0 Å². The van der Waals surface area contributed by atoms with Crippen LogP contribution >= 0.6 is 0 Å². The van der Waals surface area contributed by atoms with E-state index in [9.17, 15) is 4.79 Å². The summed E-state index contributed by atoms with van der Waals surface area (Å²) in [7, 11) is 0. The van der Waals surface area contributed by atoms with E-state index in [2.05, 4.69) is 39.4 Å². The molecule has 1 saturated heterocycles. The molecule has 5 heteroatoms. The van der Waals surface area contributed by atoms with Crippen LogP contribution in [0.2, 0.25) is 0 Å². The Hall–Kier alpha value is -2.82. The van der Waals surface area contributed by atoms with Crippen molar-refractivity contribution in [2.24, 2.45) is 0 Å². The van der Waals surface area contributed by atoms with Crippen LogP contribution in [0.5, 0.6) is 0 Å². The Balaban J connectivity index is 1.50. The molecule has 1 aliphatic rings. The molecule has 25 heavy (non-hydrogen) atoms. The van der Waals surface area contributed by atoms with E-state index in [1.807, 2.05) is 29.3 Å². The average Bonchev–Trinajstić information content (AvgIpc) is 3.34. The highest BCUT2D eigenvalue weighted by Crippen LogP contribution is 2.29. The van der Waals surface area contributed by atoms with Gasteiger partial charge < -0.3 is 9.88 Å². The lowest BCUT2D eigenvalue weighted by atomic mass is 9.90. The van der Waals surface area contributed by atoms with Crippen molar-refractivity contribution in [3.05, 3.63) is 77.4 Å². The van der Waals surface area contributed by atoms with Gasteiger partial charge in [-0.15, -0.1) is 0 Å². The number of hydrogen-bond donors (Lipinski definition) is 2. The molecule has 2 N–H and O–H groups in total. The fourth-order valence-electron chi connectivity index (χ4n) is 3.66. The van der Waals surface area contributed by atoms with E-state index in [0.29, 0.717) is 11.6 Å². The Morgan fingerprint density at radius 1 is 1.20 bits per heavy atom. The molecular weight excluding hydrogens is 312 g/mol. The molecular formula is C20H22N4O. The summed E-state index contributed by atoms with van der Waals surface area (Å²) in [6.07, 6.45) is 6.68. The van der Waals surface area contributed by atoms with Crippen LogP contribution in [0.15, 0.2) is 54.9 Å². The number of aromatic amines is 2. The second-order valence-corrected chi connectivity index (χ2v) is 6.65. The molecule has 2 aromatic heterocycles. The molecule has 1 aliphatic heterocycles. The first-order chi connectivity index (χ1) is 12.3. The largest absolute Gasteiger partial charge is 0.357 e. The molecule has 5 nitrogen and oxygen atoms in total. The minimum atomic E-state index is 0.0822. The minimum Gasteiger partial charge on any atom is -0.357 e. The first kappa shape index (κ1) is 15.7. The lowest BCUT2D eigenvalue weighted by Gasteiger charge is -2.32. The topological polar surface area (TPSA) is 64.8 Å². The Labute approximate surface area is 147 Å². The molecule has 0 saturated carbocycles. The van der Waals surface area contributed by atoms with Crippen molar-refractivity contribution in [3.63, 3.8) is 0 Å². The first-order valence-corrected chi connectivity index (χ1v) is 8.80. The zero-order valence-electron chi connectivity index (χ0n) is 14.1. The second kappa shape index (κ2) is 6.97. The standard InChI is InChI=1S/C20H22N4O/c25-20(18-9-4-10-21-18)24-11-5-8-16(14-24)19-17(13-22-23-19)12-15-6-2-1-3-7-15/h1-4,6-7,9-10,13,16,21H,5,8,11-12,14H2,(H,22,23)/t16-/m1/s1. The molecule has 4 rings (SSSR count). The van der Waals surface area contributed by atoms with Gasteiger partial charge in [0.2, 0.25) is 0 Å². The monoisotopic (exact) mass is 334 g/mol. The lowest BCUT2D eigenvalue weighted by molar-refractivity contribution is 0.0700.